The lowest BCUT2D eigenvalue weighted by molar-refractivity contribution is -0.145. The number of hydrogen-bond acceptors (Lipinski definition) is 2. The third-order valence-corrected chi connectivity index (χ3v) is 3.54. The van der Waals surface area contributed by atoms with Gasteiger partial charge in [0.25, 0.3) is 0 Å². The van der Waals surface area contributed by atoms with Gasteiger partial charge in [-0.25, -0.2) is 0 Å². The minimum atomic E-state index is -0.987. The van der Waals surface area contributed by atoms with E-state index in [1.165, 1.54) is 0 Å². The zero-order valence-electron chi connectivity index (χ0n) is 10.2. The summed E-state index contributed by atoms with van der Waals surface area (Å²) in [7, 11) is 0. The minimum Gasteiger partial charge on any atom is -0.480 e. The Morgan fingerprint density at radius 2 is 2.00 bits per heavy atom. The summed E-state index contributed by atoms with van der Waals surface area (Å²) in [6.45, 7) is 5.49. The second-order valence-corrected chi connectivity index (χ2v) is 4.81. The lowest BCUT2D eigenvalue weighted by atomic mass is 9.77. The quantitative estimate of drug-likeness (QED) is 0.882. The number of carboxylic acid groups (broad SMARTS) is 1. The van der Waals surface area contributed by atoms with Crippen LogP contribution in [0.3, 0.4) is 0 Å². The molecular weight excluding hydrogens is 216 g/mol. The van der Waals surface area contributed by atoms with Crippen LogP contribution in [-0.2, 0) is 10.2 Å². The minimum absolute atomic E-state index is 0.0411. The Kier molecular flexibility index (Phi) is 2.69. The van der Waals surface area contributed by atoms with Crippen molar-refractivity contribution in [3.05, 3.63) is 36.1 Å². The molecule has 1 unspecified atom stereocenters. The third kappa shape index (κ3) is 1.71. The van der Waals surface area contributed by atoms with Gasteiger partial charge < -0.3 is 9.52 Å². The van der Waals surface area contributed by atoms with E-state index in [-0.39, 0.29) is 5.92 Å². The topological polar surface area (TPSA) is 50.4 Å². The van der Waals surface area contributed by atoms with Crippen LogP contribution < -0.4 is 0 Å². The summed E-state index contributed by atoms with van der Waals surface area (Å²) in [5.74, 6) is -0.381. The number of furan rings is 1. The maximum absolute atomic E-state index is 11.5. The predicted molar refractivity (Wildman–Crippen MR) is 66.0 cm³/mol. The number of carbonyl (C=O) groups is 1. The second kappa shape index (κ2) is 3.91. The molecule has 0 aliphatic rings. The summed E-state index contributed by atoms with van der Waals surface area (Å²) >= 11 is 0. The van der Waals surface area contributed by atoms with E-state index < -0.39 is 11.4 Å². The molecule has 1 N–H and O–H groups in total. The number of fused-ring (bicyclic) bond motifs is 1. The monoisotopic (exact) mass is 232 g/mol. The number of benzene rings is 1. The van der Waals surface area contributed by atoms with Gasteiger partial charge in [-0.15, -0.1) is 0 Å². The zero-order chi connectivity index (χ0) is 12.6. The first-order chi connectivity index (χ1) is 7.96. The zero-order valence-corrected chi connectivity index (χ0v) is 10.2. The molecule has 0 aliphatic carbocycles. The molecule has 0 saturated heterocycles. The van der Waals surface area contributed by atoms with Crippen molar-refractivity contribution in [1.82, 2.24) is 0 Å². The Morgan fingerprint density at radius 3 is 2.53 bits per heavy atom. The Balaban J connectivity index is 2.61. The smallest absolute Gasteiger partial charge is 0.317 e. The SMILES string of the molecule is CC(C)C(C)(C(=O)O)c1cc2ccccc2o1. The average molecular weight is 232 g/mol. The molecule has 0 amide bonds. The van der Waals surface area contributed by atoms with Gasteiger partial charge in [0.15, 0.2) is 0 Å². The van der Waals surface area contributed by atoms with Crippen LogP contribution in [0.2, 0.25) is 0 Å². The first-order valence-corrected chi connectivity index (χ1v) is 5.68. The van der Waals surface area contributed by atoms with Gasteiger partial charge in [-0.1, -0.05) is 32.0 Å². The van der Waals surface area contributed by atoms with E-state index in [4.69, 9.17) is 4.42 Å². The van der Waals surface area contributed by atoms with Crippen LogP contribution in [0.5, 0.6) is 0 Å². The van der Waals surface area contributed by atoms with Gasteiger partial charge >= 0.3 is 5.97 Å². The van der Waals surface area contributed by atoms with Crippen LogP contribution >= 0.6 is 0 Å². The molecule has 1 aromatic heterocycles. The molecule has 3 nitrogen and oxygen atoms in total. The van der Waals surface area contributed by atoms with Crippen molar-refractivity contribution in [3.63, 3.8) is 0 Å². The van der Waals surface area contributed by atoms with Gasteiger partial charge in [0.05, 0.1) is 0 Å². The molecule has 0 saturated carbocycles. The first kappa shape index (κ1) is 11.7. The highest BCUT2D eigenvalue weighted by atomic mass is 16.4. The molecule has 0 aliphatic heterocycles. The van der Waals surface area contributed by atoms with Crippen molar-refractivity contribution in [3.8, 4) is 0 Å². The molecule has 0 bridgehead atoms. The standard InChI is InChI=1S/C14H16O3/c1-9(2)14(3,13(15)16)12-8-10-6-4-5-7-11(10)17-12/h4-9H,1-3H3,(H,15,16). The molecule has 2 rings (SSSR count). The van der Waals surface area contributed by atoms with Gasteiger partial charge in [0.1, 0.15) is 16.8 Å². The van der Waals surface area contributed by atoms with Crippen LogP contribution in [0.4, 0.5) is 0 Å². The molecule has 90 valence electrons. The normalized spacial score (nSPS) is 15.1. The van der Waals surface area contributed by atoms with E-state index >= 15 is 0 Å². The number of hydrogen-bond donors (Lipinski definition) is 1. The lowest BCUT2D eigenvalue weighted by Crippen LogP contribution is -2.37. The van der Waals surface area contributed by atoms with Crippen LogP contribution in [0.1, 0.15) is 26.5 Å². The fourth-order valence-electron chi connectivity index (χ4n) is 1.87. The summed E-state index contributed by atoms with van der Waals surface area (Å²) in [6, 6.07) is 9.38. The maximum atomic E-state index is 11.5. The largest absolute Gasteiger partial charge is 0.480 e. The highest BCUT2D eigenvalue weighted by Crippen LogP contribution is 2.35. The van der Waals surface area contributed by atoms with E-state index in [1.54, 1.807) is 6.92 Å². The summed E-state index contributed by atoms with van der Waals surface area (Å²) in [4.78, 5) is 11.5. The van der Waals surface area contributed by atoms with Crippen molar-refractivity contribution in [2.75, 3.05) is 0 Å². The molecule has 0 radical (unpaired) electrons. The van der Waals surface area contributed by atoms with E-state index in [1.807, 2.05) is 44.2 Å². The Hall–Kier alpha value is -1.77. The Bertz CT molecular complexity index is 520. The molecule has 0 spiro atoms. The number of para-hydroxylation sites is 1. The maximum Gasteiger partial charge on any atom is 0.317 e. The van der Waals surface area contributed by atoms with Gasteiger partial charge in [0, 0.05) is 5.39 Å². The summed E-state index contributed by atoms with van der Waals surface area (Å²) < 4.78 is 5.67. The van der Waals surface area contributed by atoms with Crippen molar-refractivity contribution in [1.29, 1.82) is 0 Å². The summed E-state index contributed by atoms with van der Waals surface area (Å²) in [5.41, 5.74) is -0.255. The Morgan fingerprint density at radius 1 is 1.35 bits per heavy atom. The predicted octanol–water partition coefficient (Wildman–Crippen LogP) is 3.43. The van der Waals surface area contributed by atoms with Gasteiger partial charge in [0.2, 0.25) is 0 Å². The molecule has 3 heteroatoms. The number of rotatable bonds is 3. The third-order valence-electron chi connectivity index (χ3n) is 3.54. The highest BCUT2D eigenvalue weighted by Gasteiger charge is 2.41. The van der Waals surface area contributed by atoms with Gasteiger partial charge in [-0.2, -0.15) is 0 Å². The molecule has 1 heterocycles. The van der Waals surface area contributed by atoms with E-state index in [2.05, 4.69) is 0 Å². The van der Waals surface area contributed by atoms with Crippen LogP contribution in [0.15, 0.2) is 34.7 Å². The molecule has 17 heavy (non-hydrogen) atoms. The summed E-state index contributed by atoms with van der Waals surface area (Å²) in [5, 5.41) is 10.4. The van der Waals surface area contributed by atoms with Crippen molar-refractivity contribution >= 4 is 16.9 Å². The molecule has 1 aromatic carbocycles. The van der Waals surface area contributed by atoms with Gasteiger partial charge in [-0.3, -0.25) is 4.79 Å². The Labute approximate surface area is 100 Å². The number of carboxylic acids is 1. The second-order valence-electron chi connectivity index (χ2n) is 4.81. The van der Waals surface area contributed by atoms with Crippen molar-refractivity contribution in [2.45, 2.75) is 26.2 Å². The first-order valence-electron chi connectivity index (χ1n) is 5.68. The van der Waals surface area contributed by atoms with Crippen LogP contribution in [0.25, 0.3) is 11.0 Å². The van der Waals surface area contributed by atoms with Crippen molar-refractivity contribution in [2.24, 2.45) is 5.92 Å². The van der Waals surface area contributed by atoms with Crippen LogP contribution in [-0.4, -0.2) is 11.1 Å². The molecule has 1 atom stereocenters. The fourth-order valence-corrected chi connectivity index (χ4v) is 1.87. The molecule has 0 fully saturated rings. The van der Waals surface area contributed by atoms with Crippen LogP contribution in [0, 0.1) is 5.92 Å². The van der Waals surface area contributed by atoms with Gasteiger partial charge in [-0.05, 0) is 25.0 Å². The van der Waals surface area contributed by atoms with E-state index in [9.17, 15) is 9.90 Å². The van der Waals surface area contributed by atoms with Crippen molar-refractivity contribution < 1.29 is 14.3 Å². The van der Waals surface area contributed by atoms with E-state index in [0.717, 1.165) is 11.0 Å². The number of aliphatic carboxylic acids is 1. The highest BCUT2D eigenvalue weighted by molar-refractivity contribution is 5.84. The molecule has 2 aromatic rings. The summed E-state index contributed by atoms with van der Waals surface area (Å²) in [6.07, 6.45) is 0. The fraction of sp³-hybridized carbons (Fsp3) is 0.357. The molecular formula is C14H16O3. The average Bonchev–Trinajstić information content (AvgIpc) is 2.70. The van der Waals surface area contributed by atoms with E-state index in [0.29, 0.717) is 5.76 Å². The lowest BCUT2D eigenvalue weighted by Gasteiger charge is -2.26.